The maximum Gasteiger partial charge on any atom is 0.266 e. The standard InChI is InChI=1S/C26H29N3O2S/c1-18-10-11-19(2)25-24(18)27-26(32-25)29(15-7-14-28(3)4)23(30)17-31-22-13-12-20-8-5-6-9-21(20)16-22/h5-6,8-13,16H,7,14-15,17H2,1-4H3. The number of amides is 1. The van der Waals surface area contributed by atoms with Crippen molar-refractivity contribution < 1.29 is 9.53 Å². The van der Waals surface area contributed by atoms with Crippen LogP contribution < -0.4 is 9.64 Å². The molecule has 0 aliphatic carbocycles. The SMILES string of the molecule is Cc1ccc(C)c2sc(N(CCCN(C)C)C(=O)COc3ccc4ccccc4c3)nc12. The molecule has 1 aromatic heterocycles. The lowest BCUT2D eigenvalue weighted by Crippen LogP contribution is -2.36. The van der Waals surface area contributed by atoms with E-state index in [2.05, 4.69) is 36.9 Å². The number of nitrogens with zero attached hydrogens (tertiary/aromatic N) is 3. The second kappa shape index (κ2) is 9.67. The van der Waals surface area contributed by atoms with Gasteiger partial charge in [0, 0.05) is 6.54 Å². The van der Waals surface area contributed by atoms with Crippen molar-refractivity contribution in [3.63, 3.8) is 0 Å². The first-order valence-corrected chi connectivity index (χ1v) is 11.7. The van der Waals surface area contributed by atoms with E-state index < -0.39 is 0 Å². The molecule has 0 fully saturated rings. The third kappa shape index (κ3) is 4.92. The molecule has 32 heavy (non-hydrogen) atoms. The molecule has 0 saturated carbocycles. The molecule has 0 unspecified atom stereocenters. The summed E-state index contributed by atoms with van der Waals surface area (Å²) in [6.07, 6.45) is 0.864. The molecule has 5 nitrogen and oxygen atoms in total. The number of rotatable bonds is 8. The van der Waals surface area contributed by atoms with Crippen molar-refractivity contribution in [3.05, 3.63) is 65.7 Å². The second-order valence-electron chi connectivity index (χ2n) is 8.37. The molecule has 166 valence electrons. The van der Waals surface area contributed by atoms with Crippen LogP contribution in [0.3, 0.4) is 0 Å². The number of hydrogen-bond acceptors (Lipinski definition) is 5. The van der Waals surface area contributed by atoms with E-state index in [4.69, 9.17) is 9.72 Å². The summed E-state index contributed by atoms with van der Waals surface area (Å²) in [6, 6.07) is 18.2. The van der Waals surface area contributed by atoms with Crippen LogP contribution >= 0.6 is 11.3 Å². The first-order chi connectivity index (χ1) is 15.4. The predicted octanol–water partition coefficient (Wildman–Crippen LogP) is 5.43. The first kappa shape index (κ1) is 22.2. The average molecular weight is 448 g/mol. The summed E-state index contributed by atoms with van der Waals surface area (Å²) in [5.41, 5.74) is 3.29. The molecule has 0 bridgehead atoms. The molecular weight excluding hydrogens is 418 g/mol. The van der Waals surface area contributed by atoms with Gasteiger partial charge in [-0.05, 0) is 74.9 Å². The molecule has 0 atom stereocenters. The predicted molar refractivity (Wildman–Crippen MR) is 134 cm³/mol. The number of anilines is 1. The number of carbonyl (C=O) groups is 1. The zero-order valence-corrected chi connectivity index (χ0v) is 19.9. The van der Waals surface area contributed by atoms with E-state index in [0.29, 0.717) is 12.3 Å². The van der Waals surface area contributed by atoms with Gasteiger partial charge in [-0.25, -0.2) is 4.98 Å². The van der Waals surface area contributed by atoms with Gasteiger partial charge < -0.3 is 9.64 Å². The van der Waals surface area contributed by atoms with Crippen LogP contribution in [0.5, 0.6) is 5.75 Å². The Morgan fingerprint density at radius 1 is 0.969 bits per heavy atom. The van der Waals surface area contributed by atoms with Crippen molar-refractivity contribution in [3.8, 4) is 5.75 Å². The maximum absolute atomic E-state index is 13.3. The summed E-state index contributed by atoms with van der Waals surface area (Å²) in [5.74, 6) is 0.618. The molecule has 6 heteroatoms. The van der Waals surface area contributed by atoms with Crippen LogP contribution in [-0.2, 0) is 4.79 Å². The number of aromatic nitrogens is 1. The number of thiazole rings is 1. The Labute approximate surface area is 193 Å². The fourth-order valence-electron chi connectivity index (χ4n) is 3.72. The fourth-order valence-corrected chi connectivity index (χ4v) is 4.87. The lowest BCUT2D eigenvalue weighted by Gasteiger charge is -2.21. The Bertz CT molecular complexity index is 1210. The molecule has 0 aliphatic heterocycles. The second-order valence-corrected chi connectivity index (χ2v) is 9.35. The normalized spacial score (nSPS) is 11.4. The van der Waals surface area contributed by atoms with Gasteiger partial charge in [0.25, 0.3) is 5.91 Å². The monoisotopic (exact) mass is 447 g/mol. The molecule has 1 heterocycles. The molecule has 3 aromatic carbocycles. The highest BCUT2D eigenvalue weighted by Gasteiger charge is 2.21. The third-order valence-electron chi connectivity index (χ3n) is 5.53. The van der Waals surface area contributed by atoms with Gasteiger partial charge in [-0.1, -0.05) is 53.8 Å². The molecule has 1 amide bonds. The zero-order chi connectivity index (χ0) is 22.7. The Kier molecular flexibility index (Phi) is 6.72. The van der Waals surface area contributed by atoms with E-state index in [9.17, 15) is 4.79 Å². The van der Waals surface area contributed by atoms with Crippen molar-refractivity contribution in [2.24, 2.45) is 0 Å². The number of carbonyl (C=O) groups excluding carboxylic acids is 1. The lowest BCUT2D eigenvalue weighted by molar-refractivity contribution is -0.120. The molecule has 0 spiro atoms. The van der Waals surface area contributed by atoms with E-state index in [1.165, 1.54) is 5.56 Å². The Hall–Kier alpha value is -2.96. The number of benzene rings is 3. The highest BCUT2D eigenvalue weighted by atomic mass is 32.1. The van der Waals surface area contributed by atoms with Crippen LogP contribution in [0.2, 0.25) is 0 Å². The number of fused-ring (bicyclic) bond motifs is 2. The van der Waals surface area contributed by atoms with Crippen molar-refractivity contribution in [1.82, 2.24) is 9.88 Å². The van der Waals surface area contributed by atoms with Crippen LogP contribution in [0.15, 0.2) is 54.6 Å². The quantitative estimate of drug-likeness (QED) is 0.361. The summed E-state index contributed by atoms with van der Waals surface area (Å²) in [7, 11) is 4.08. The van der Waals surface area contributed by atoms with Crippen molar-refractivity contribution in [2.45, 2.75) is 20.3 Å². The molecule has 0 saturated heterocycles. The topological polar surface area (TPSA) is 45.7 Å². The molecule has 4 rings (SSSR count). The van der Waals surface area contributed by atoms with E-state index in [1.54, 1.807) is 16.2 Å². The molecule has 4 aromatic rings. The minimum atomic E-state index is -0.0775. The van der Waals surface area contributed by atoms with Gasteiger partial charge in [0.05, 0.1) is 10.2 Å². The van der Waals surface area contributed by atoms with Gasteiger partial charge in [0.1, 0.15) is 5.75 Å². The van der Waals surface area contributed by atoms with E-state index >= 15 is 0 Å². The zero-order valence-electron chi connectivity index (χ0n) is 19.1. The summed E-state index contributed by atoms with van der Waals surface area (Å²) in [4.78, 5) is 22.0. The van der Waals surface area contributed by atoms with Crippen LogP contribution in [0.25, 0.3) is 21.0 Å². The first-order valence-electron chi connectivity index (χ1n) is 10.9. The molecule has 0 N–H and O–H groups in total. The highest BCUT2D eigenvalue weighted by molar-refractivity contribution is 7.22. The third-order valence-corrected chi connectivity index (χ3v) is 6.75. The molecular formula is C26H29N3O2S. The van der Waals surface area contributed by atoms with E-state index in [0.717, 1.165) is 44.6 Å². The van der Waals surface area contributed by atoms with Crippen LogP contribution in [0.1, 0.15) is 17.5 Å². The fraction of sp³-hybridized carbons (Fsp3) is 0.308. The lowest BCUT2D eigenvalue weighted by atomic mass is 10.1. The van der Waals surface area contributed by atoms with Gasteiger partial charge in [0.15, 0.2) is 11.7 Å². The number of aryl methyl sites for hydroxylation is 2. The summed E-state index contributed by atoms with van der Waals surface area (Å²) < 4.78 is 7.04. The average Bonchev–Trinajstić information content (AvgIpc) is 3.24. The van der Waals surface area contributed by atoms with Crippen molar-refractivity contribution in [2.75, 3.05) is 38.7 Å². The summed E-state index contributed by atoms with van der Waals surface area (Å²) in [5, 5.41) is 2.98. The largest absolute Gasteiger partial charge is 0.484 e. The number of ether oxygens (including phenoxy) is 1. The van der Waals surface area contributed by atoms with Gasteiger partial charge >= 0.3 is 0 Å². The van der Waals surface area contributed by atoms with Crippen molar-refractivity contribution >= 4 is 43.4 Å². The van der Waals surface area contributed by atoms with Crippen LogP contribution in [0.4, 0.5) is 5.13 Å². The molecule has 0 radical (unpaired) electrons. The van der Waals surface area contributed by atoms with Crippen LogP contribution in [-0.4, -0.2) is 49.6 Å². The van der Waals surface area contributed by atoms with Gasteiger partial charge in [-0.3, -0.25) is 9.69 Å². The minimum absolute atomic E-state index is 0.0196. The van der Waals surface area contributed by atoms with Crippen molar-refractivity contribution in [1.29, 1.82) is 0 Å². The summed E-state index contributed by atoms with van der Waals surface area (Å²) in [6.45, 7) is 5.64. The highest BCUT2D eigenvalue weighted by Crippen LogP contribution is 2.33. The number of hydrogen-bond donors (Lipinski definition) is 0. The van der Waals surface area contributed by atoms with E-state index in [1.807, 2.05) is 50.5 Å². The van der Waals surface area contributed by atoms with Gasteiger partial charge in [0.2, 0.25) is 0 Å². The molecule has 0 aliphatic rings. The Morgan fingerprint density at radius 2 is 1.72 bits per heavy atom. The smallest absolute Gasteiger partial charge is 0.266 e. The maximum atomic E-state index is 13.3. The summed E-state index contributed by atoms with van der Waals surface area (Å²) >= 11 is 1.58. The Balaban J connectivity index is 1.55. The van der Waals surface area contributed by atoms with Crippen LogP contribution in [0, 0.1) is 13.8 Å². The van der Waals surface area contributed by atoms with Gasteiger partial charge in [-0.2, -0.15) is 0 Å². The Morgan fingerprint density at radius 3 is 2.47 bits per heavy atom. The van der Waals surface area contributed by atoms with E-state index in [-0.39, 0.29) is 12.5 Å². The van der Waals surface area contributed by atoms with Gasteiger partial charge in [-0.15, -0.1) is 0 Å². The minimum Gasteiger partial charge on any atom is -0.484 e.